The summed E-state index contributed by atoms with van der Waals surface area (Å²) in [6.07, 6.45) is 5.54. The first-order valence-corrected chi connectivity index (χ1v) is 10.6. The highest BCUT2D eigenvalue weighted by atomic mass is 19.1. The van der Waals surface area contributed by atoms with Crippen LogP contribution in [0.2, 0.25) is 0 Å². The van der Waals surface area contributed by atoms with Gasteiger partial charge in [0, 0.05) is 42.9 Å². The van der Waals surface area contributed by atoms with E-state index in [1.54, 1.807) is 24.3 Å². The Labute approximate surface area is 175 Å². The summed E-state index contributed by atoms with van der Waals surface area (Å²) in [6.45, 7) is 1.42. The van der Waals surface area contributed by atoms with Crippen LogP contribution < -0.4 is 11.1 Å². The molecule has 0 bridgehead atoms. The Hall–Kier alpha value is -2.80. The number of carbonyl (C=O) groups is 2. The molecule has 1 aromatic heterocycles. The van der Waals surface area contributed by atoms with E-state index in [4.69, 9.17) is 5.73 Å². The van der Waals surface area contributed by atoms with Crippen LogP contribution in [0.1, 0.15) is 42.5 Å². The summed E-state index contributed by atoms with van der Waals surface area (Å²) in [7, 11) is 0. The molecule has 2 fully saturated rings. The van der Waals surface area contributed by atoms with E-state index in [2.05, 4.69) is 10.3 Å². The summed E-state index contributed by atoms with van der Waals surface area (Å²) in [4.78, 5) is 31.4. The van der Waals surface area contributed by atoms with Crippen molar-refractivity contribution in [1.29, 1.82) is 0 Å². The second kappa shape index (κ2) is 8.92. The lowest BCUT2D eigenvalue weighted by molar-refractivity contribution is -0.135. The van der Waals surface area contributed by atoms with Crippen molar-refractivity contribution in [3.8, 4) is 11.3 Å². The van der Waals surface area contributed by atoms with Gasteiger partial charge in [0.1, 0.15) is 5.82 Å². The van der Waals surface area contributed by atoms with Gasteiger partial charge in [-0.1, -0.05) is 12.1 Å². The Kier molecular flexibility index (Phi) is 6.08. The molecule has 6 nitrogen and oxygen atoms in total. The predicted octanol–water partition coefficient (Wildman–Crippen LogP) is 2.74. The Morgan fingerprint density at radius 2 is 1.90 bits per heavy atom. The monoisotopic (exact) mass is 410 g/mol. The number of nitrogens with one attached hydrogen (secondary N) is 1. The molecule has 2 amide bonds. The molecule has 2 aromatic rings. The van der Waals surface area contributed by atoms with E-state index in [9.17, 15) is 14.0 Å². The molecule has 3 N–H and O–H groups in total. The first-order chi connectivity index (χ1) is 14.5. The highest BCUT2D eigenvalue weighted by Crippen LogP contribution is 2.27. The third-order valence-corrected chi connectivity index (χ3v) is 6.09. The molecule has 1 saturated heterocycles. The first-order valence-electron chi connectivity index (χ1n) is 10.6. The van der Waals surface area contributed by atoms with Crippen LogP contribution in [0.3, 0.4) is 0 Å². The van der Waals surface area contributed by atoms with Gasteiger partial charge >= 0.3 is 0 Å². The van der Waals surface area contributed by atoms with Gasteiger partial charge < -0.3 is 16.0 Å². The molecule has 7 heteroatoms. The van der Waals surface area contributed by atoms with Crippen LogP contribution in [-0.2, 0) is 4.79 Å². The van der Waals surface area contributed by atoms with E-state index in [-0.39, 0.29) is 35.6 Å². The van der Waals surface area contributed by atoms with Gasteiger partial charge in [0.15, 0.2) is 0 Å². The molecule has 1 atom stereocenters. The van der Waals surface area contributed by atoms with Gasteiger partial charge in [0.25, 0.3) is 5.91 Å². The number of amides is 2. The van der Waals surface area contributed by atoms with Crippen molar-refractivity contribution in [1.82, 2.24) is 15.2 Å². The average molecular weight is 410 g/mol. The summed E-state index contributed by atoms with van der Waals surface area (Å²) < 4.78 is 13.4. The maximum Gasteiger partial charge on any atom is 0.253 e. The molecular weight excluding hydrogens is 383 g/mol. The molecule has 0 unspecified atom stereocenters. The molecule has 0 radical (unpaired) electrons. The maximum atomic E-state index is 13.4. The van der Waals surface area contributed by atoms with Gasteiger partial charge in [-0.3, -0.25) is 14.6 Å². The van der Waals surface area contributed by atoms with Crippen molar-refractivity contribution in [3.63, 3.8) is 0 Å². The SMILES string of the molecule is N[C@H]1CCN(C(=O)[C@H]2CC[C@H](NC(=O)c3ccc(-c4cccc(F)c4)nc3)CC2)C1. The quantitative estimate of drug-likeness (QED) is 0.811. The van der Waals surface area contributed by atoms with Gasteiger partial charge in [-0.15, -0.1) is 0 Å². The van der Waals surface area contributed by atoms with Crippen LogP contribution >= 0.6 is 0 Å². The zero-order valence-corrected chi connectivity index (χ0v) is 16.9. The molecule has 30 heavy (non-hydrogen) atoms. The lowest BCUT2D eigenvalue weighted by Gasteiger charge is -2.31. The van der Waals surface area contributed by atoms with Crippen molar-refractivity contribution in [2.45, 2.75) is 44.2 Å². The van der Waals surface area contributed by atoms with Crippen LogP contribution in [0.15, 0.2) is 42.6 Å². The molecule has 4 rings (SSSR count). The molecule has 0 spiro atoms. The van der Waals surface area contributed by atoms with E-state index in [0.717, 1.165) is 38.6 Å². The standard InChI is InChI=1S/C23H27FN4O2/c24-18-3-1-2-16(12-18)21-9-6-17(13-26-21)22(29)27-20-7-4-15(5-8-20)23(30)28-11-10-19(25)14-28/h1-3,6,9,12-13,15,19-20H,4-5,7-8,10-11,14,25H2,(H,27,29)/t15-,19-,20-/m0/s1. The molecule has 1 aliphatic heterocycles. The minimum Gasteiger partial charge on any atom is -0.349 e. The number of nitrogens with two attached hydrogens (primary N) is 1. The van der Waals surface area contributed by atoms with Crippen LogP contribution in [0, 0.1) is 11.7 Å². The summed E-state index contributed by atoms with van der Waals surface area (Å²) in [5, 5.41) is 3.06. The first kappa shape index (κ1) is 20.5. The highest BCUT2D eigenvalue weighted by Gasteiger charge is 2.32. The number of hydrogen-bond donors (Lipinski definition) is 2. The van der Waals surface area contributed by atoms with E-state index in [1.165, 1.54) is 18.3 Å². The fourth-order valence-corrected chi connectivity index (χ4v) is 4.35. The van der Waals surface area contributed by atoms with Gasteiger partial charge in [0.05, 0.1) is 11.3 Å². The van der Waals surface area contributed by atoms with Crippen LogP contribution in [0.25, 0.3) is 11.3 Å². The van der Waals surface area contributed by atoms with Gasteiger partial charge in [-0.25, -0.2) is 4.39 Å². The smallest absolute Gasteiger partial charge is 0.253 e. The molecule has 2 heterocycles. The number of rotatable bonds is 4. The molecule has 1 saturated carbocycles. The Balaban J connectivity index is 1.29. The summed E-state index contributed by atoms with van der Waals surface area (Å²) in [5.41, 5.74) is 7.67. The number of halogens is 1. The molecule has 1 aliphatic carbocycles. The molecular formula is C23H27FN4O2. The van der Waals surface area contributed by atoms with E-state index < -0.39 is 0 Å². The minimum atomic E-state index is -0.321. The van der Waals surface area contributed by atoms with Gasteiger partial charge in [-0.2, -0.15) is 0 Å². The minimum absolute atomic E-state index is 0.0377. The number of benzene rings is 1. The summed E-state index contributed by atoms with van der Waals surface area (Å²) >= 11 is 0. The fourth-order valence-electron chi connectivity index (χ4n) is 4.35. The Bertz CT molecular complexity index is 910. The number of nitrogens with zero attached hydrogens (tertiary/aromatic N) is 2. The molecule has 1 aromatic carbocycles. The zero-order chi connectivity index (χ0) is 21.1. The van der Waals surface area contributed by atoms with Crippen molar-refractivity contribution < 1.29 is 14.0 Å². The Morgan fingerprint density at radius 1 is 1.10 bits per heavy atom. The summed E-state index contributed by atoms with van der Waals surface area (Å²) in [6, 6.07) is 9.79. The second-order valence-electron chi connectivity index (χ2n) is 8.30. The molecule has 158 valence electrons. The zero-order valence-electron chi connectivity index (χ0n) is 16.9. The third-order valence-electron chi connectivity index (χ3n) is 6.09. The lowest BCUT2D eigenvalue weighted by atomic mass is 9.85. The van der Waals surface area contributed by atoms with E-state index in [0.29, 0.717) is 23.4 Å². The fraction of sp³-hybridized carbons (Fsp3) is 0.435. The van der Waals surface area contributed by atoms with Crippen molar-refractivity contribution in [2.75, 3.05) is 13.1 Å². The topological polar surface area (TPSA) is 88.3 Å². The van der Waals surface area contributed by atoms with Crippen molar-refractivity contribution >= 4 is 11.8 Å². The normalized spacial score (nSPS) is 23.9. The Morgan fingerprint density at radius 3 is 2.53 bits per heavy atom. The maximum absolute atomic E-state index is 13.4. The number of pyridine rings is 1. The third kappa shape index (κ3) is 4.67. The van der Waals surface area contributed by atoms with Gasteiger partial charge in [0.2, 0.25) is 5.91 Å². The van der Waals surface area contributed by atoms with Crippen LogP contribution in [0.4, 0.5) is 4.39 Å². The van der Waals surface area contributed by atoms with Crippen LogP contribution in [0.5, 0.6) is 0 Å². The highest BCUT2D eigenvalue weighted by molar-refractivity contribution is 5.94. The largest absolute Gasteiger partial charge is 0.349 e. The molecule has 2 aliphatic rings. The van der Waals surface area contributed by atoms with E-state index in [1.807, 2.05) is 4.90 Å². The second-order valence-corrected chi connectivity index (χ2v) is 8.30. The predicted molar refractivity (Wildman–Crippen MR) is 112 cm³/mol. The van der Waals surface area contributed by atoms with Crippen molar-refractivity contribution in [2.24, 2.45) is 11.7 Å². The number of hydrogen-bond acceptors (Lipinski definition) is 4. The van der Waals surface area contributed by atoms with Crippen LogP contribution in [-0.4, -0.2) is 46.9 Å². The number of likely N-dealkylation sites (tertiary alicyclic amines) is 1. The van der Waals surface area contributed by atoms with Crippen molar-refractivity contribution in [3.05, 3.63) is 54.0 Å². The number of aromatic nitrogens is 1. The number of carbonyl (C=O) groups excluding carboxylic acids is 2. The van der Waals surface area contributed by atoms with Gasteiger partial charge in [-0.05, 0) is 56.4 Å². The average Bonchev–Trinajstić information content (AvgIpc) is 3.20. The lowest BCUT2D eigenvalue weighted by Crippen LogP contribution is -2.42. The van der Waals surface area contributed by atoms with E-state index >= 15 is 0 Å². The summed E-state index contributed by atoms with van der Waals surface area (Å²) in [5.74, 6) is -0.244.